The smallest absolute Gasteiger partial charge is 0.320 e. The fraction of sp³-hybridized carbons (Fsp3) is 0.952. The van der Waals surface area contributed by atoms with Gasteiger partial charge in [-0.3, -0.25) is 9.35 Å². The normalized spacial score (nSPS) is 48.4. The van der Waals surface area contributed by atoms with Crippen LogP contribution in [0.25, 0.3) is 0 Å². The van der Waals surface area contributed by atoms with Crippen LogP contribution in [0.3, 0.4) is 0 Å². The van der Waals surface area contributed by atoms with Gasteiger partial charge in [0.1, 0.15) is 5.78 Å². The first kappa shape index (κ1) is 21.1. The fourth-order valence-electron chi connectivity index (χ4n) is 7.84. The lowest BCUT2D eigenvalue weighted by Gasteiger charge is -2.56. The molecule has 0 heterocycles. The van der Waals surface area contributed by atoms with Crippen LogP contribution in [0.5, 0.6) is 0 Å². The van der Waals surface area contributed by atoms with Crippen LogP contribution in [-0.4, -0.2) is 35.2 Å². The number of aliphatic hydroxyl groups is 1. The lowest BCUT2D eigenvalue weighted by atomic mass is 9.49. The van der Waals surface area contributed by atoms with Crippen LogP contribution in [0.4, 0.5) is 0 Å². The average molecular weight is 431 g/mol. The second-order valence-corrected chi connectivity index (χ2v) is 13.9. The summed E-state index contributed by atoms with van der Waals surface area (Å²) in [6.07, 6.45) is 9.54. The topological polar surface area (TPSA) is 91.7 Å². The predicted molar refractivity (Wildman–Crippen MR) is 110 cm³/mol. The Hall–Kier alpha value is -0.110. The molecule has 0 saturated heterocycles. The molecule has 0 aromatic carbocycles. The molecular formula is C21H34O5S2. The van der Waals surface area contributed by atoms with E-state index in [2.05, 4.69) is 6.92 Å². The van der Waals surface area contributed by atoms with E-state index >= 15 is 0 Å². The van der Waals surface area contributed by atoms with E-state index in [1.165, 1.54) is 12.8 Å². The molecule has 0 amide bonds. The minimum Gasteiger partial charge on any atom is -0.390 e. The maximum atomic E-state index is 12.8. The molecular weight excluding hydrogens is 396 g/mol. The number of ketones is 1. The van der Waals surface area contributed by atoms with E-state index in [1.54, 1.807) is 0 Å². The Bertz CT molecular complexity index is 733. The predicted octanol–water partition coefficient (Wildman–Crippen LogP) is 4.11. The standard InChI is InChI=1S/C21H34O5S2/c1-20(23)9-7-14-13(11-20)3-4-16-15(14)8-10-21(2)17(16)5-6-18(21)19(22)12-27-28(24,25)26/h13-18,23H,3-12H2,1-2H3,(H,24,25,26)/t13-,14+,15-,16-,17+,18-,20-,21+/m1/s1. The average Bonchev–Trinajstić information content (AvgIpc) is 2.95. The van der Waals surface area contributed by atoms with Gasteiger partial charge in [0.2, 0.25) is 0 Å². The van der Waals surface area contributed by atoms with Crippen molar-refractivity contribution in [1.82, 2.24) is 0 Å². The molecule has 0 aromatic heterocycles. The molecule has 4 fully saturated rings. The van der Waals surface area contributed by atoms with E-state index in [4.69, 9.17) is 4.55 Å². The zero-order valence-corrected chi connectivity index (χ0v) is 18.6. The van der Waals surface area contributed by atoms with E-state index in [-0.39, 0.29) is 22.9 Å². The summed E-state index contributed by atoms with van der Waals surface area (Å²) in [6, 6.07) is 0. The first-order valence-corrected chi connectivity index (χ1v) is 13.8. The lowest BCUT2D eigenvalue weighted by Crippen LogP contribution is -2.51. The monoisotopic (exact) mass is 430 g/mol. The van der Waals surface area contributed by atoms with Gasteiger partial charge in [-0.05, 0) is 99.7 Å². The highest BCUT2D eigenvalue weighted by Crippen LogP contribution is 2.64. The minimum absolute atomic E-state index is 0.00604. The largest absolute Gasteiger partial charge is 0.390 e. The van der Waals surface area contributed by atoms with Gasteiger partial charge in [-0.1, -0.05) is 6.92 Å². The van der Waals surface area contributed by atoms with E-state index in [1.807, 2.05) is 6.92 Å². The van der Waals surface area contributed by atoms with Crippen molar-refractivity contribution in [3.05, 3.63) is 0 Å². The molecule has 0 aromatic rings. The summed E-state index contributed by atoms with van der Waals surface area (Å²) in [5, 5.41) is 10.5. The molecule has 7 heteroatoms. The van der Waals surface area contributed by atoms with Crippen molar-refractivity contribution >= 4 is 25.7 Å². The number of fused-ring (bicyclic) bond motifs is 5. The maximum Gasteiger partial charge on any atom is 0.320 e. The molecule has 4 aliphatic rings. The molecule has 5 nitrogen and oxygen atoms in total. The van der Waals surface area contributed by atoms with Gasteiger partial charge in [0.05, 0.1) is 11.4 Å². The van der Waals surface area contributed by atoms with Crippen LogP contribution in [0.1, 0.15) is 71.6 Å². The summed E-state index contributed by atoms with van der Waals surface area (Å²) in [5.74, 6) is 3.13. The number of Topliss-reactive ketones (excluding diaryl/α,β-unsaturated/α-hetero) is 1. The Morgan fingerprint density at radius 2 is 1.71 bits per heavy atom. The third-order valence-corrected chi connectivity index (χ3v) is 10.9. The van der Waals surface area contributed by atoms with Crippen molar-refractivity contribution in [2.75, 3.05) is 5.75 Å². The molecule has 4 aliphatic carbocycles. The number of carbonyl (C=O) groups is 1. The van der Waals surface area contributed by atoms with Gasteiger partial charge in [-0.25, -0.2) is 0 Å². The third kappa shape index (κ3) is 3.81. The van der Waals surface area contributed by atoms with Gasteiger partial charge in [-0.15, -0.1) is 0 Å². The van der Waals surface area contributed by atoms with E-state index in [0.717, 1.165) is 56.8 Å². The van der Waals surface area contributed by atoms with Crippen LogP contribution in [0.15, 0.2) is 0 Å². The molecule has 2 N–H and O–H groups in total. The summed E-state index contributed by atoms with van der Waals surface area (Å²) >= 11 is 0. The number of rotatable bonds is 4. The summed E-state index contributed by atoms with van der Waals surface area (Å²) in [7, 11) is -3.81. The summed E-state index contributed by atoms with van der Waals surface area (Å²) < 4.78 is 31.0. The van der Waals surface area contributed by atoms with Gasteiger partial charge in [0.25, 0.3) is 0 Å². The molecule has 160 valence electrons. The van der Waals surface area contributed by atoms with Gasteiger partial charge < -0.3 is 5.11 Å². The molecule has 0 radical (unpaired) electrons. The second-order valence-electron chi connectivity index (χ2n) is 10.5. The van der Waals surface area contributed by atoms with Crippen molar-refractivity contribution in [2.24, 2.45) is 40.9 Å². The van der Waals surface area contributed by atoms with Crippen LogP contribution in [-0.2, 0) is 13.9 Å². The van der Waals surface area contributed by atoms with Crippen molar-refractivity contribution in [3.8, 4) is 0 Å². The Morgan fingerprint density at radius 1 is 1.00 bits per heavy atom. The van der Waals surface area contributed by atoms with Crippen LogP contribution < -0.4 is 0 Å². The highest BCUT2D eigenvalue weighted by molar-refractivity contribution is 8.70. The number of carbonyl (C=O) groups excluding carboxylic acids is 1. The van der Waals surface area contributed by atoms with Crippen LogP contribution in [0, 0.1) is 40.9 Å². The highest BCUT2D eigenvalue weighted by atomic mass is 33.1. The molecule has 0 spiro atoms. The maximum absolute atomic E-state index is 12.8. The Labute approximate surface area is 172 Å². The highest BCUT2D eigenvalue weighted by Gasteiger charge is 2.58. The Kier molecular flexibility index (Phi) is 5.47. The first-order chi connectivity index (χ1) is 13.0. The Morgan fingerprint density at radius 3 is 2.43 bits per heavy atom. The van der Waals surface area contributed by atoms with E-state index in [0.29, 0.717) is 28.5 Å². The van der Waals surface area contributed by atoms with Crippen molar-refractivity contribution in [3.63, 3.8) is 0 Å². The summed E-state index contributed by atoms with van der Waals surface area (Å²) in [5.41, 5.74) is -0.516. The van der Waals surface area contributed by atoms with Crippen LogP contribution in [0.2, 0.25) is 0 Å². The van der Waals surface area contributed by atoms with Gasteiger partial charge in [0.15, 0.2) is 0 Å². The zero-order chi connectivity index (χ0) is 20.3. The zero-order valence-electron chi connectivity index (χ0n) is 17.0. The molecule has 0 unspecified atom stereocenters. The molecule has 8 atom stereocenters. The van der Waals surface area contributed by atoms with Crippen molar-refractivity contribution < 1.29 is 22.9 Å². The van der Waals surface area contributed by atoms with Crippen LogP contribution >= 0.6 is 10.8 Å². The first-order valence-electron chi connectivity index (χ1n) is 10.9. The summed E-state index contributed by atoms with van der Waals surface area (Å²) in [6.45, 7) is 4.25. The van der Waals surface area contributed by atoms with Gasteiger partial charge >= 0.3 is 9.15 Å². The van der Waals surface area contributed by atoms with E-state index < -0.39 is 14.8 Å². The molecule has 4 saturated carbocycles. The van der Waals surface area contributed by atoms with Crippen molar-refractivity contribution in [2.45, 2.75) is 77.2 Å². The fourth-order valence-corrected chi connectivity index (χ4v) is 9.11. The third-order valence-electron chi connectivity index (χ3n) is 8.98. The molecule has 4 rings (SSSR count). The lowest BCUT2D eigenvalue weighted by molar-refractivity contribution is -0.129. The quantitative estimate of drug-likeness (QED) is 0.515. The van der Waals surface area contributed by atoms with Gasteiger partial charge in [-0.2, -0.15) is 8.42 Å². The van der Waals surface area contributed by atoms with E-state index in [9.17, 15) is 18.3 Å². The molecule has 28 heavy (non-hydrogen) atoms. The van der Waals surface area contributed by atoms with Crippen molar-refractivity contribution in [1.29, 1.82) is 0 Å². The number of hydrogen-bond donors (Lipinski definition) is 2. The SMILES string of the molecule is C[C@@]1(O)CC[C@H]2[C@H](CC[C@@H]3[C@@H]2CC[C@]2(C)[C@@H](C(=O)CSS(=O)(=O)O)CC[C@@H]32)C1. The minimum atomic E-state index is -4.16. The van der Waals surface area contributed by atoms with Gasteiger partial charge in [0, 0.05) is 16.7 Å². The second kappa shape index (κ2) is 7.24. The summed E-state index contributed by atoms with van der Waals surface area (Å²) in [4.78, 5) is 12.8. The Balaban J connectivity index is 1.47. The number of hydrogen-bond acceptors (Lipinski definition) is 5. The molecule has 0 aliphatic heterocycles. The molecule has 0 bridgehead atoms.